The molecule has 0 aliphatic carbocycles. The number of fused-ring (bicyclic) bond motifs is 2. The Bertz CT molecular complexity index is 960. The molecule has 2 aromatic carbocycles. The normalized spacial score (nSPS) is 23.2. The Kier molecular flexibility index (Phi) is 5.62. The number of rotatable bonds is 7. The van der Waals surface area contributed by atoms with Crippen LogP contribution in [0.25, 0.3) is 0 Å². The lowest BCUT2D eigenvalue weighted by Crippen LogP contribution is -2.50. The topological polar surface area (TPSA) is 47.6 Å². The Balaban J connectivity index is 1.81. The van der Waals surface area contributed by atoms with Crippen molar-refractivity contribution < 1.29 is 27.4 Å². The van der Waals surface area contributed by atoms with Gasteiger partial charge in [0, 0.05) is 5.69 Å². The highest BCUT2D eigenvalue weighted by Crippen LogP contribution is 2.52. The molecule has 2 aliphatic rings. The second kappa shape index (κ2) is 8.23. The second-order valence-corrected chi connectivity index (χ2v) is 7.45. The molecule has 4 rings (SSSR count). The molecule has 0 fully saturated rings. The van der Waals surface area contributed by atoms with Crippen LogP contribution in [0.4, 0.5) is 18.9 Å². The monoisotopic (exact) mass is 429 g/mol. The maximum atomic E-state index is 14.3. The molecule has 4 nitrogen and oxygen atoms in total. The smallest absolute Gasteiger partial charge is 0.416 e. The molecular formula is C24H22F3NO3. The number of hydrogen-bond acceptors (Lipinski definition) is 4. The highest BCUT2D eigenvalue weighted by molar-refractivity contribution is 5.93. The van der Waals surface area contributed by atoms with Gasteiger partial charge in [-0.2, -0.15) is 13.2 Å². The van der Waals surface area contributed by atoms with Crippen LogP contribution in [-0.4, -0.2) is 36.5 Å². The molecule has 3 unspecified atom stereocenters. The van der Waals surface area contributed by atoms with Crippen molar-refractivity contribution in [3.63, 3.8) is 0 Å². The van der Waals surface area contributed by atoms with E-state index in [2.05, 4.69) is 5.32 Å². The highest BCUT2D eigenvalue weighted by atomic mass is 19.4. The molecule has 2 aromatic rings. The maximum absolute atomic E-state index is 14.3. The zero-order chi connectivity index (χ0) is 22.1. The van der Waals surface area contributed by atoms with E-state index in [9.17, 15) is 18.0 Å². The lowest BCUT2D eigenvalue weighted by Gasteiger charge is -2.37. The van der Waals surface area contributed by atoms with Gasteiger partial charge in [-0.1, -0.05) is 54.6 Å². The summed E-state index contributed by atoms with van der Waals surface area (Å²) in [7, 11) is 0. The Hall–Kier alpha value is -3.06. The number of hydrogen-bond donors (Lipinski definition) is 1. The molecule has 2 heterocycles. The van der Waals surface area contributed by atoms with Gasteiger partial charge in [0.1, 0.15) is 11.7 Å². The highest BCUT2D eigenvalue weighted by Gasteiger charge is 2.63. The summed E-state index contributed by atoms with van der Waals surface area (Å²) in [5, 5.41) is 3.22. The third-order valence-electron chi connectivity index (χ3n) is 5.48. The summed E-state index contributed by atoms with van der Waals surface area (Å²) in [5.74, 6) is -0.996. The van der Waals surface area contributed by atoms with Crippen molar-refractivity contribution in [2.24, 2.45) is 0 Å². The van der Waals surface area contributed by atoms with Crippen molar-refractivity contribution in [1.29, 1.82) is 0 Å². The van der Waals surface area contributed by atoms with Crippen LogP contribution in [-0.2, 0) is 20.7 Å². The molecule has 7 heteroatoms. The molecule has 162 valence electrons. The Morgan fingerprint density at radius 3 is 2.39 bits per heavy atom. The summed E-state index contributed by atoms with van der Waals surface area (Å²) in [6.07, 6.45) is -2.68. The maximum Gasteiger partial charge on any atom is 0.416 e. The van der Waals surface area contributed by atoms with Gasteiger partial charge in [0.05, 0.1) is 23.8 Å². The van der Waals surface area contributed by atoms with Gasteiger partial charge in [0.2, 0.25) is 0 Å². The average Bonchev–Trinajstić information content (AvgIpc) is 3.33. The number of nitrogens with one attached hydrogen (secondary N) is 1. The van der Waals surface area contributed by atoms with Gasteiger partial charge in [-0.05, 0) is 37.1 Å². The van der Waals surface area contributed by atoms with E-state index in [-0.39, 0.29) is 13.0 Å². The van der Waals surface area contributed by atoms with E-state index in [4.69, 9.17) is 9.47 Å². The summed E-state index contributed by atoms with van der Waals surface area (Å²) in [6, 6.07) is 17.4. The first-order valence-electron chi connectivity index (χ1n) is 10.1. The molecule has 0 spiro atoms. The number of carbonyl (C=O) groups is 1. The molecule has 0 amide bonds. The van der Waals surface area contributed by atoms with Crippen LogP contribution in [0.3, 0.4) is 0 Å². The zero-order valence-corrected chi connectivity index (χ0v) is 16.9. The fourth-order valence-electron chi connectivity index (χ4n) is 4.24. The van der Waals surface area contributed by atoms with Gasteiger partial charge >= 0.3 is 12.1 Å². The largest absolute Gasteiger partial charge is 0.463 e. The summed E-state index contributed by atoms with van der Waals surface area (Å²) in [6.45, 7) is 1.53. The SMILES string of the molecule is CCOC(=O)C1=C(C(F)(F)F)C2(C(Cc3ccccc3)Nc3ccccc3)C=CC1O2. The van der Waals surface area contributed by atoms with Gasteiger partial charge in [-0.15, -0.1) is 0 Å². The van der Waals surface area contributed by atoms with Crippen molar-refractivity contribution in [2.75, 3.05) is 11.9 Å². The number of halogens is 3. The number of carbonyl (C=O) groups excluding carboxylic acids is 1. The Morgan fingerprint density at radius 2 is 1.77 bits per heavy atom. The van der Waals surface area contributed by atoms with Crippen LogP contribution in [0, 0.1) is 0 Å². The quantitative estimate of drug-likeness (QED) is 0.506. The Labute approximate surface area is 178 Å². The molecule has 1 N–H and O–H groups in total. The molecule has 0 saturated heterocycles. The van der Waals surface area contributed by atoms with Crippen molar-refractivity contribution in [3.05, 3.63) is 89.5 Å². The summed E-state index contributed by atoms with van der Waals surface area (Å²) in [5.41, 5.74) is -1.81. The van der Waals surface area contributed by atoms with Crippen molar-refractivity contribution in [2.45, 2.75) is 37.3 Å². The third kappa shape index (κ3) is 3.97. The minimum absolute atomic E-state index is 0.0212. The molecule has 0 radical (unpaired) electrons. The lowest BCUT2D eigenvalue weighted by atomic mass is 9.78. The lowest BCUT2D eigenvalue weighted by molar-refractivity contribution is -0.140. The number of esters is 1. The standard InChI is InChI=1S/C24H22F3NO3/c1-2-30-22(29)20-18-13-14-23(31-18,21(20)24(25,26)27)19(15-16-9-5-3-6-10-16)28-17-11-7-4-8-12-17/h3-14,18-19,28H,2,15H2,1H3. The first-order valence-corrected chi connectivity index (χ1v) is 10.1. The van der Waals surface area contributed by atoms with E-state index in [1.165, 1.54) is 12.2 Å². The molecule has 0 saturated carbocycles. The third-order valence-corrected chi connectivity index (χ3v) is 5.48. The van der Waals surface area contributed by atoms with Crippen LogP contribution in [0.15, 0.2) is 84.0 Å². The predicted molar refractivity (Wildman–Crippen MR) is 110 cm³/mol. The zero-order valence-electron chi connectivity index (χ0n) is 16.9. The van der Waals surface area contributed by atoms with Crippen LogP contribution in [0.1, 0.15) is 12.5 Å². The van der Waals surface area contributed by atoms with Gasteiger partial charge in [0.15, 0.2) is 0 Å². The van der Waals surface area contributed by atoms with Crippen molar-refractivity contribution in [3.8, 4) is 0 Å². The molecular weight excluding hydrogens is 407 g/mol. The average molecular weight is 429 g/mol. The van der Waals surface area contributed by atoms with E-state index in [1.807, 2.05) is 36.4 Å². The number of anilines is 1. The van der Waals surface area contributed by atoms with Gasteiger partial charge in [-0.25, -0.2) is 4.79 Å². The fraction of sp³-hybridized carbons (Fsp3) is 0.292. The van der Waals surface area contributed by atoms with Gasteiger partial charge < -0.3 is 14.8 Å². The number of para-hydroxylation sites is 1. The fourth-order valence-corrected chi connectivity index (χ4v) is 4.24. The summed E-state index contributed by atoms with van der Waals surface area (Å²) >= 11 is 0. The summed E-state index contributed by atoms with van der Waals surface area (Å²) in [4.78, 5) is 12.5. The van der Waals surface area contributed by atoms with E-state index < -0.39 is 41.0 Å². The number of alkyl halides is 3. The van der Waals surface area contributed by atoms with Crippen LogP contribution < -0.4 is 5.32 Å². The second-order valence-electron chi connectivity index (χ2n) is 7.45. The number of benzene rings is 2. The Morgan fingerprint density at radius 1 is 1.13 bits per heavy atom. The molecule has 0 aromatic heterocycles. The summed E-state index contributed by atoms with van der Waals surface area (Å²) < 4.78 is 53.9. The minimum atomic E-state index is -4.77. The van der Waals surface area contributed by atoms with Crippen molar-refractivity contribution in [1.82, 2.24) is 0 Å². The predicted octanol–water partition coefficient (Wildman–Crippen LogP) is 4.84. The molecule has 2 bridgehead atoms. The van der Waals surface area contributed by atoms with Gasteiger partial charge in [-0.3, -0.25) is 0 Å². The van der Waals surface area contributed by atoms with Crippen LogP contribution in [0.5, 0.6) is 0 Å². The van der Waals surface area contributed by atoms with Crippen LogP contribution in [0.2, 0.25) is 0 Å². The van der Waals surface area contributed by atoms with E-state index in [1.54, 1.807) is 31.2 Å². The molecule has 31 heavy (non-hydrogen) atoms. The first-order chi connectivity index (χ1) is 14.8. The van der Waals surface area contributed by atoms with E-state index in [0.717, 1.165) is 5.56 Å². The molecule has 3 atom stereocenters. The van der Waals surface area contributed by atoms with Gasteiger partial charge in [0.25, 0.3) is 0 Å². The van der Waals surface area contributed by atoms with E-state index >= 15 is 0 Å². The van der Waals surface area contributed by atoms with Crippen LogP contribution >= 0.6 is 0 Å². The first kappa shape index (κ1) is 21.2. The van der Waals surface area contributed by atoms with Crippen molar-refractivity contribution >= 4 is 11.7 Å². The molecule has 2 aliphatic heterocycles. The minimum Gasteiger partial charge on any atom is -0.463 e. The van der Waals surface area contributed by atoms with E-state index in [0.29, 0.717) is 5.69 Å². The number of ether oxygens (including phenoxy) is 2.